The molecule has 2 rings (SSSR count). The molecule has 0 saturated carbocycles. The number of rotatable bonds is 11. The van der Waals surface area contributed by atoms with E-state index in [0.29, 0.717) is 41.3 Å². The molecular weight excluding hydrogens is 451 g/mol. The van der Waals surface area contributed by atoms with Crippen LogP contribution in [-0.4, -0.2) is 56.3 Å². The Morgan fingerprint density at radius 2 is 1.77 bits per heavy atom. The predicted molar refractivity (Wildman–Crippen MR) is 135 cm³/mol. The monoisotopic (exact) mass is 490 g/mol. The fraction of sp³-hybridized carbons (Fsp3) is 0.577. The van der Waals surface area contributed by atoms with E-state index in [0.717, 1.165) is 0 Å². The summed E-state index contributed by atoms with van der Waals surface area (Å²) in [5.41, 5.74) is -0.00801. The van der Waals surface area contributed by atoms with Crippen molar-refractivity contribution in [2.45, 2.75) is 78.6 Å². The van der Waals surface area contributed by atoms with Crippen LogP contribution in [0.15, 0.2) is 41.3 Å². The SMILES string of the molecule is CCOC(=O)Cc1ccc(OC)cc1OC(C)/C(=C/C(B1OC(C)(C)C(C)(C)O1)=C(/O)CC)OC. The first-order chi connectivity index (χ1) is 16.4. The van der Waals surface area contributed by atoms with Gasteiger partial charge in [0.25, 0.3) is 0 Å². The summed E-state index contributed by atoms with van der Waals surface area (Å²) < 4.78 is 34.6. The number of carbonyl (C=O) groups excluding carboxylic acids is 1. The summed E-state index contributed by atoms with van der Waals surface area (Å²) >= 11 is 0. The summed E-state index contributed by atoms with van der Waals surface area (Å²) in [4.78, 5) is 12.1. The van der Waals surface area contributed by atoms with E-state index in [-0.39, 0.29) is 18.1 Å². The Balaban J connectivity index is 2.38. The molecule has 1 unspecified atom stereocenters. The first kappa shape index (κ1) is 28.6. The molecule has 1 aromatic carbocycles. The molecule has 194 valence electrons. The van der Waals surface area contributed by atoms with E-state index in [2.05, 4.69) is 0 Å². The van der Waals surface area contributed by atoms with E-state index in [1.54, 1.807) is 38.3 Å². The average molecular weight is 490 g/mol. The predicted octanol–water partition coefficient (Wildman–Crippen LogP) is 4.95. The lowest BCUT2D eigenvalue weighted by atomic mass is 9.76. The van der Waals surface area contributed by atoms with Crippen LogP contribution in [0, 0.1) is 0 Å². The molecule has 1 saturated heterocycles. The van der Waals surface area contributed by atoms with Gasteiger partial charge in [0, 0.05) is 23.5 Å². The number of benzene rings is 1. The molecule has 1 atom stereocenters. The van der Waals surface area contributed by atoms with Crippen molar-refractivity contribution in [3.8, 4) is 11.5 Å². The third kappa shape index (κ3) is 6.95. The van der Waals surface area contributed by atoms with Gasteiger partial charge in [0.2, 0.25) is 0 Å². The average Bonchev–Trinajstić information content (AvgIpc) is 3.01. The molecule has 0 aliphatic carbocycles. The number of methoxy groups -OCH3 is 2. The molecule has 9 heteroatoms. The molecule has 1 aromatic rings. The summed E-state index contributed by atoms with van der Waals surface area (Å²) in [7, 11) is 2.32. The van der Waals surface area contributed by atoms with E-state index in [4.69, 9.17) is 28.3 Å². The topological polar surface area (TPSA) is 92.7 Å². The molecular formula is C26H39BO8. The zero-order valence-corrected chi connectivity index (χ0v) is 22.4. The zero-order valence-electron chi connectivity index (χ0n) is 22.4. The third-order valence-corrected chi connectivity index (χ3v) is 6.33. The Morgan fingerprint density at radius 3 is 2.29 bits per heavy atom. The number of ether oxygens (including phenoxy) is 4. The van der Waals surface area contributed by atoms with Crippen LogP contribution in [-0.2, 0) is 30.0 Å². The lowest BCUT2D eigenvalue weighted by Crippen LogP contribution is -2.41. The minimum Gasteiger partial charge on any atom is -0.513 e. The van der Waals surface area contributed by atoms with Crippen LogP contribution in [0.3, 0.4) is 0 Å². The Hall–Kier alpha value is -2.65. The number of esters is 1. The second kappa shape index (κ2) is 11.9. The summed E-state index contributed by atoms with van der Waals surface area (Å²) in [5.74, 6) is 1.28. The van der Waals surface area contributed by atoms with Crippen LogP contribution < -0.4 is 9.47 Å². The van der Waals surface area contributed by atoms with Gasteiger partial charge in [-0.05, 0) is 53.7 Å². The first-order valence-corrected chi connectivity index (χ1v) is 11.9. The van der Waals surface area contributed by atoms with Crippen LogP contribution >= 0.6 is 0 Å². The lowest BCUT2D eigenvalue weighted by Gasteiger charge is -2.32. The van der Waals surface area contributed by atoms with Crippen molar-refractivity contribution in [2.75, 3.05) is 20.8 Å². The number of carbonyl (C=O) groups is 1. The van der Waals surface area contributed by atoms with Crippen molar-refractivity contribution in [1.82, 2.24) is 0 Å². The van der Waals surface area contributed by atoms with Gasteiger partial charge >= 0.3 is 13.1 Å². The number of allylic oxidation sites excluding steroid dienone is 3. The van der Waals surface area contributed by atoms with Crippen LogP contribution in [0.25, 0.3) is 0 Å². The van der Waals surface area contributed by atoms with Gasteiger partial charge in [-0.2, -0.15) is 0 Å². The number of hydrogen-bond acceptors (Lipinski definition) is 8. The molecule has 1 heterocycles. The molecule has 1 N–H and O–H groups in total. The third-order valence-electron chi connectivity index (χ3n) is 6.33. The summed E-state index contributed by atoms with van der Waals surface area (Å²) in [6.45, 7) is 13.5. The van der Waals surface area contributed by atoms with Crippen molar-refractivity contribution >= 4 is 13.1 Å². The summed E-state index contributed by atoms with van der Waals surface area (Å²) in [6, 6.07) is 5.25. The maximum atomic E-state index is 12.1. The van der Waals surface area contributed by atoms with E-state index in [1.165, 1.54) is 7.11 Å². The minimum absolute atomic E-state index is 0.0572. The van der Waals surface area contributed by atoms with Gasteiger partial charge in [-0.1, -0.05) is 13.0 Å². The molecule has 0 radical (unpaired) electrons. The van der Waals surface area contributed by atoms with Gasteiger partial charge in [0.1, 0.15) is 17.3 Å². The molecule has 0 bridgehead atoms. The first-order valence-electron chi connectivity index (χ1n) is 11.9. The van der Waals surface area contributed by atoms with Crippen molar-refractivity contribution < 1.29 is 38.2 Å². The fourth-order valence-corrected chi connectivity index (χ4v) is 3.49. The maximum absolute atomic E-state index is 12.1. The second-order valence-electron chi connectivity index (χ2n) is 9.31. The molecule has 0 amide bonds. The van der Waals surface area contributed by atoms with Crippen LogP contribution in [0.1, 0.15) is 60.5 Å². The normalized spacial score (nSPS) is 18.5. The molecule has 1 aliphatic rings. The molecule has 1 aliphatic heterocycles. The Kier molecular flexibility index (Phi) is 9.69. The van der Waals surface area contributed by atoms with Crippen molar-refractivity contribution in [2.24, 2.45) is 0 Å². The van der Waals surface area contributed by atoms with Crippen LogP contribution in [0.4, 0.5) is 0 Å². The van der Waals surface area contributed by atoms with Crippen molar-refractivity contribution in [3.05, 3.63) is 46.8 Å². The summed E-state index contributed by atoms with van der Waals surface area (Å²) in [5, 5.41) is 10.7. The fourth-order valence-electron chi connectivity index (χ4n) is 3.49. The van der Waals surface area contributed by atoms with Gasteiger partial charge in [-0.3, -0.25) is 4.79 Å². The van der Waals surface area contributed by atoms with Gasteiger partial charge in [0.15, 0.2) is 6.10 Å². The molecule has 35 heavy (non-hydrogen) atoms. The Labute approximate surface area is 209 Å². The van der Waals surface area contributed by atoms with Crippen molar-refractivity contribution in [1.29, 1.82) is 0 Å². The van der Waals surface area contributed by atoms with Crippen molar-refractivity contribution in [3.63, 3.8) is 0 Å². The molecule has 0 spiro atoms. The number of aliphatic hydroxyl groups is 1. The number of hydrogen-bond donors (Lipinski definition) is 1. The van der Waals surface area contributed by atoms with E-state index in [9.17, 15) is 9.90 Å². The zero-order chi connectivity index (χ0) is 26.4. The van der Waals surface area contributed by atoms with E-state index in [1.807, 2.05) is 41.5 Å². The largest absolute Gasteiger partial charge is 0.513 e. The number of aliphatic hydroxyl groups excluding tert-OH is 1. The minimum atomic E-state index is -0.770. The Bertz CT molecular complexity index is 935. The highest BCUT2D eigenvalue weighted by Gasteiger charge is 2.52. The van der Waals surface area contributed by atoms with Crippen LogP contribution in [0.2, 0.25) is 0 Å². The highest BCUT2D eigenvalue weighted by molar-refractivity contribution is 6.55. The highest BCUT2D eigenvalue weighted by Crippen LogP contribution is 2.39. The van der Waals surface area contributed by atoms with E-state index >= 15 is 0 Å². The van der Waals surface area contributed by atoms with Gasteiger partial charge < -0.3 is 33.4 Å². The maximum Gasteiger partial charge on any atom is 0.498 e. The Morgan fingerprint density at radius 1 is 1.14 bits per heavy atom. The smallest absolute Gasteiger partial charge is 0.498 e. The van der Waals surface area contributed by atoms with Gasteiger partial charge in [-0.25, -0.2) is 0 Å². The molecule has 1 fully saturated rings. The molecule has 8 nitrogen and oxygen atoms in total. The highest BCUT2D eigenvalue weighted by atomic mass is 16.7. The lowest BCUT2D eigenvalue weighted by molar-refractivity contribution is -0.142. The van der Waals surface area contributed by atoms with Gasteiger partial charge in [0.05, 0.1) is 44.2 Å². The van der Waals surface area contributed by atoms with Gasteiger partial charge in [-0.15, -0.1) is 0 Å². The van der Waals surface area contributed by atoms with Crippen LogP contribution in [0.5, 0.6) is 11.5 Å². The second-order valence-corrected chi connectivity index (χ2v) is 9.31. The standard InChI is InChI=1S/C26H39BO8/c1-10-21(28)20(27-34-25(4,5)26(6,7)35-27)16-22(31-9)17(3)33-23-15-19(30-8)13-12-18(23)14-24(29)32-11-2/h12-13,15-17,28H,10-11,14H2,1-9H3/b21-20-,22-16-. The summed E-state index contributed by atoms with van der Waals surface area (Å²) in [6.07, 6.45) is 1.57. The molecule has 0 aromatic heterocycles. The van der Waals surface area contributed by atoms with E-state index < -0.39 is 24.4 Å². The quantitative estimate of drug-likeness (QED) is 0.202.